The molecule has 35 heavy (non-hydrogen) atoms. The normalized spacial score (nSPS) is 24.7. The van der Waals surface area contributed by atoms with Crippen molar-refractivity contribution in [1.82, 2.24) is 0 Å². The highest BCUT2D eigenvalue weighted by Gasteiger charge is 2.49. The van der Waals surface area contributed by atoms with Gasteiger partial charge in [0, 0.05) is 16.2 Å². The topological polar surface area (TPSA) is 83.8 Å². The standard InChI is InChI=1S/C28H36O5S2/c1-16(2)28(10-8-17-9-11-34-24(17)15-29)14-22(31)25(26(32)33-28)35-23-12-18-6-7-21(30)19(18)13-20(23)27(3,4)5/h9,11-13,16,21,25,29-30H,6-8,10,14-15H2,1-5H3. The molecule has 2 N–H and O–H groups in total. The van der Waals surface area contributed by atoms with Gasteiger partial charge in [-0.25, -0.2) is 0 Å². The Morgan fingerprint density at radius 3 is 2.63 bits per heavy atom. The second kappa shape index (κ2) is 10.0. The summed E-state index contributed by atoms with van der Waals surface area (Å²) < 4.78 is 6.12. The van der Waals surface area contributed by atoms with E-state index >= 15 is 0 Å². The van der Waals surface area contributed by atoms with E-state index in [9.17, 15) is 19.8 Å². The fourth-order valence-electron chi connectivity index (χ4n) is 5.17. The maximum absolute atomic E-state index is 13.5. The molecule has 4 rings (SSSR count). The largest absolute Gasteiger partial charge is 0.457 e. The monoisotopic (exact) mass is 516 g/mol. The predicted molar refractivity (Wildman–Crippen MR) is 140 cm³/mol. The van der Waals surface area contributed by atoms with Gasteiger partial charge in [0.1, 0.15) is 5.60 Å². The maximum atomic E-state index is 13.5. The molecular formula is C28H36O5S2. The van der Waals surface area contributed by atoms with Gasteiger partial charge in [-0.3, -0.25) is 9.59 Å². The second-order valence-electron chi connectivity index (χ2n) is 11.2. The second-order valence-corrected chi connectivity index (χ2v) is 13.3. The van der Waals surface area contributed by atoms with Crippen LogP contribution in [0.1, 0.15) is 87.1 Å². The number of aliphatic hydroxyl groups excluding tert-OH is 2. The van der Waals surface area contributed by atoms with Crippen molar-refractivity contribution in [2.45, 2.75) is 101 Å². The third-order valence-corrected chi connectivity index (χ3v) is 9.71. The molecule has 0 radical (unpaired) electrons. The number of hydrogen-bond donors (Lipinski definition) is 2. The molecule has 0 saturated carbocycles. The number of benzene rings is 1. The Bertz CT molecular complexity index is 1090. The number of aryl methyl sites for hydroxylation is 2. The number of aliphatic hydroxyl groups is 2. The van der Waals surface area contributed by atoms with E-state index < -0.39 is 22.9 Å². The van der Waals surface area contributed by atoms with E-state index in [-0.39, 0.29) is 30.1 Å². The summed E-state index contributed by atoms with van der Waals surface area (Å²) in [4.78, 5) is 28.6. The van der Waals surface area contributed by atoms with E-state index in [2.05, 4.69) is 32.9 Å². The van der Waals surface area contributed by atoms with Crippen LogP contribution in [0.2, 0.25) is 0 Å². The fourth-order valence-corrected chi connectivity index (χ4v) is 7.28. The molecule has 5 nitrogen and oxygen atoms in total. The average molecular weight is 517 g/mol. The van der Waals surface area contributed by atoms with Crippen molar-refractivity contribution in [3.8, 4) is 0 Å². The van der Waals surface area contributed by atoms with Crippen LogP contribution in [-0.2, 0) is 39.2 Å². The van der Waals surface area contributed by atoms with Gasteiger partial charge in [0.15, 0.2) is 11.0 Å². The number of hydrogen-bond acceptors (Lipinski definition) is 7. The van der Waals surface area contributed by atoms with Crippen LogP contribution < -0.4 is 0 Å². The maximum Gasteiger partial charge on any atom is 0.327 e. The van der Waals surface area contributed by atoms with Gasteiger partial charge < -0.3 is 14.9 Å². The van der Waals surface area contributed by atoms with Crippen LogP contribution in [0.25, 0.3) is 0 Å². The van der Waals surface area contributed by atoms with Gasteiger partial charge in [-0.05, 0) is 76.8 Å². The van der Waals surface area contributed by atoms with E-state index in [1.807, 2.05) is 25.3 Å². The lowest BCUT2D eigenvalue weighted by molar-refractivity contribution is -0.176. The summed E-state index contributed by atoms with van der Waals surface area (Å²) in [6.45, 7) is 10.3. The lowest BCUT2D eigenvalue weighted by Gasteiger charge is -2.41. The van der Waals surface area contributed by atoms with Gasteiger partial charge in [-0.15, -0.1) is 23.1 Å². The third-order valence-electron chi connectivity index (χ3n) is 7.48. The number of Topliss-reactive ketones (excluding diaryl/α,β-unsaturated/α-hetero) is 1. The van der Waals surface area contributed by atoms with Gasteiger partial charge >= 0.3 is 5.97 Å². The van der Waals surface area contributed by atoms with Crippen LogP contribution >= 0.6 is 23.1 Å². The molecule has 2 heterocycles. The Morgan fingerprint density at radius 1 is 1.26 bits per heavy atom. The molecule has 7 heteroatoms. The van der Waals surface area contributed by atoms with Crippen molar-refractivity contribution in [3.63, 3.8) is 0 Å². The van der Waals surface area contributed by atoms with Crippen LogP contribution in [0.4, 0.5) is 0 Å². The summed E-state index contributed by atoms with van der Waals surface area (Å²) in [5.41, 5.74) is 3.11. The molecule has 1 saturated heterocycles. The zero-order valence-corrected chi connectivity index (χ0v) is 22.9. The van der Waals surface area contributed by atoms with Gasteiger partial charge in [0.05, 0.1) is 12.7 Å². The molecule has 0 amide bonds. The van der Waals surface area contributed by atoms with Crippen LogP contribution in [0.5, 0.6) is 0 Å². The zero-order chi connectivity index (χ0) is 25.5. The zero-order valence-electron chi connectivity index (χ0n) is 21.2. The SMILES string of the molecule is CC(C)C1(CCc2ccsc2CO)CC(=O)C(Sc2cc3c(cc2C(C)(C)C)C(O)CC3)C(=O)O1. The van der Waals surface area contributed by atoms with E-state index in [1.54, 1.807) is 0 Å². The molecule has 1 fully saturated rings. The molecule has 190 valence electrons. The van der Waals surface area contributed by atoms with E-state index in [1.165, 1.54) is 23.1 Å². The molecule has 1 aromatic carbocycles. The quantitative estimate of drug-likeness (QED) is 0.372. The van der Waals surface area contributed by atoms with Crippen molar-refractivity contribution < 1.29 is 24.5 Å². The highest BCUT2D eigenvalue weighted by atomic mass is 32.2. The lowest BCUT2D eigenvalue weighted by atomic mass is 9.78. The van der Waals surface area contributed by atoms with E-state index in [0.717, 1.165) is 38.4 Å². The third kappa shape index (κ3) is 5.24. The predicted octanol–water partition coefficient (Wildman–Crippen LogP) is 5.52. The number of carbonyl (C=O) groups excluding carboxylic acids is 2. The van der Waals surface area contributed by atoms with E-state index in [4.69, 9.17) is 4.74 Å². The van der Waals surface area contributed by atoms with Crippen molar-refractivity contribution >= 4 is 34.9 Å². The Morgan fingerprint density at radius 2 is 2.00 bits per heavy atom. The molecule has 3 atom stereocenters. The summed E-state index contributed by atoms with van der Waals surface area (Å²) in [6, 6.07) is 6.12. The van der Waals surface area contributed by atoms with Crippen LogP contribution in [-0.4, -0.2) is 32.8 Å². The van der Waals surface area contributed by atoms with Gasteiger partial charge in [-0.2, -0.15) is 0 Å². The van der Waals surface area contributed by atoms with Gasteiger partial charge in [0.25, 0.3) is 0 Å². The molecule has 1 aliphatic heterocycles. The first-order chi connectivity index (χ1) is 16.4. The molecule has 0 spiro atoms. The number of rotatable bonds is 7. The smallest absolute Gasteiger partial charge is 0.327 e. The highest BCUT2D eigenvalue weighted by molar-refractivity contribution is 8.01. The molecule has 2 aliphatic rings. The minimum atomic E-state index is -0.887. The highest BCUT2D eigenvalue weighted by Crippen LogP contribution is 2.45. The molecule has 0 bridgehead atoms. The fraction of sp³-hybridized carbons (Fsp3) is 0.571. The Hall–Kier alpha value is -1.67. The summed E-state index contributed by atoms with van der Waals surface area (Å²) in [5.74, 6) is -0.565. The minimum absolute atomic E-state index is 0.00692. The molecular weight excluding hydrogens is 480 g/mol. The van der Waals surface area contributed by atoms with E-state index in [0.29, 0.717) is 19.3 Å². The number of cyclic esters (lactones) is 1. The number of fused-ring (bicyclic) bond motifs is 1. The molecule has 1 aliphatic carbocycles. The van der Waals surface area contributed by atoms with Crippen LogP contribution in [0.3, 0.4) is 0 Å². The first kappa shape index (κ1) is 26.4. The van der Waals surface area contributed by atoms with Gasteiger partial charge in [0.2, 0.25) is 0 Å². The number of ether oxygens (including phenoxy) is 1. The first-order valence-electron chi connectivity index (χ1n) is 12.4. The summed E-state index contributed by atoms with van der Waals surface area (Å²) in [6.07, 6.45) is 2.45. The van der Waals surface area contributed by atoms with Gasteiger partial charge in [-0.1, -0.05) is 40.7 Å². The summed E-state index contributed by atoms with van der Waals surface area (Å²) >= 11 is 2.81. The number of thioether (sulfide) groups is 1. The van der Waals surface area contributed by atoms with Crippen LogP contribution in [0, 0.1) is 5.92 Å². The Labute approximate surface area is 216 Å². The average Bonchev–Trinajstić information content (AvgIpc) is 3.39. The number of thiophene rings is 1. The molecule has 2 aromatic rings. The number of carbonyl (C=O) groups is 2. The summed E-state index contributed by atoms with van der Waals surface area (Å²) in [7, 11) is 0. The lowest BCUT2D eigenvalue weighted by Crippen LogP contribution is -2.52. The summed E-state index contributed by atoms with van der Waals surface area (Å²) in [5, 5.41) is 21.0. The Kier molecular flexibility index (Phi) is 7.54. The molecule has 1 aromatic heterocycles. The minimum Gasteiger partial charge on any atom is -0.457 e. The van der Waals surface area contributed by atoms with Crippen molar-refractivity contribution in [2.75, 3.05) is 0 Å². The number of esters is 1. The molecule has 3 unspecified atom stereocenters. The van der Waals surface area contributed by atoms with Crippen molar-refractivity contribution in [3.05, 3.63) is 50.7 Å². The van der Waals surface area contributed by atoms with Crippen molar-refractivity contribution in [1.29, 1.82) is 0 Å². The van der Waals surface area contributed by atoms with Crippen LogP contribution in [0.15, 0.2) is 28.5 Å². The Balaban J connectivity index is 1.57. The van der Waals surface area contributed by atoms with Crippen molar-refractivity contribution in [2.24, 2.45) is 5.92 Å². The first-order valence-corrected chi connectivity index (χ1v) is 14.1. The number of ketones is 1.